The zero-order valence-corrected chi connectivity index (χ0v) is 10.4. The second-order valence-corrected chi connectivity index (χ2v) is 5.19. The Bertz CT molecular complexity index is 403. The predicted molar refractivity (Wildman–Crippen MR) is 62.5 cm³/mol. The van der Waals surface area contributed by atoms with Crippen LogP contribution in [0, 0.1) is 0 Å². The average molecular weight is 244 g/mol. The molecular weight excluding hydrogens is 228 g/mol. The predicted octanol–water partition coefficient (Wildman–Crippen LogP) is 0.868. The number of H-pyrrole nitrogens is 1. The Hall–Kier alpha value is -1.14. The minimum atomic E-state index is -0.325. The van der Waals surface area contributed by atoms with Gasteiger partial charge in [0.15, 0.2) is 0 Å². The van der Waals surface area contributed by atoms with E-state index in [1.165, 1.54) is 0 Å². The third-order valence-corrected chi connectivity index (χ3v) is 2.40. The number of amides is 1. The number of hydrogen-bond donors (Lipinski definition) is 2. The normalized spacial score (nSPS) is 11.4. The van der Waals surface area contributed by atoms with E-state index in [4.69, 9.17) is 4.74 Å². The molecule has 5 nitrogen and oxygen atoms in total. The number of rotatable bonds is 4. The van der Waals surface area contributed by atoms with Gasteiger partial charge in [-0.1, -0.05) is 11.3 Å². The molecule has 0 saturated carbocycles. The highest BCUT2D eigenvalue weighted by atomic mass is 32.1. The summed E-state index contributed by atoms with van der Waals surface area (Å²) >= 11 is 1.08. The van der Waals surface area contributed by atoms with Crippen LogP contribution in [0.25, 0.3) is 0 Å². The van der Waals surface area contributed by atoms with Crippen molar-refractivity contribution in [2.45, 2.75) is 32.9 Å². The molecule has 16 heavy (non-hydrogen) atoms. The molecule has 0 aliphatic heterocycles. The smallest absolute Gasteiger partial charge is 0.304 e. The molecule has 0 bridgehead atoms. The fourth-order valence-electron chi connectivity index (χ4n) is 0.927. The van der Waals surface area contributed by atoms with Gasteiger partial charge in [-0.05, 0) is 20.8 Å². The lowest BCUT2D eigenvalue weighted by Gasteiger charge is -2.18. The van der Waals surface area contributed by atoms with Crippen LogP contribution in [0.4, 0.5) is 0 Å². The molecule has 0 spiro atoms. The van der Waals surface area contributed by atoms with Crippen molar-refractivity contribution >= 4 is 17.2 Å². The molecule has 0 aliphatic rings. The van der Waals surface area contributed by atoms with Gasteiger partial charge in [0, 0.05) is 11.1 Å². The van der Waals surface area contributed by atoms with E-state index in [0.717, 1.165) is 11.3 Å². The van der Waals surface area contributed by atoms with Crippen molar-refractivity contribution in [3.05, 3.63) is 20.7 Å². The first-order chi connectivity index (χ1) is 7.37. The van der Waals surface area contributed by atoms with Crippen LogP contribution in [0.15, 0.2) is 10.2 Å². The highest BCUT2D eigenvalue weighted by Crippen LogP contribution is 2.05. The molecule has 1 rings (SSSR count). The maximum atomic E-state index is 11.3. The van der Waals surface area contributed by atoms with Gasteiger partial charge in [0.05, 0.1) is 12.1 Å². The molecule has 0 fully saturated rings. The number of aromatic amines is 1. The summed E-state index contributed by atoms with van der Waals surface area (Å²) in [5, 5.41) is 4.35. The van der Waals surface area contributed by atoms with E-state index in [1.54, 1.807) is 5.38 Å². The number of thiazole rings is 1. The number of ether oxygens (including phenoxy) is 1. The summed E-state index contributed by atoms with van der Waals surface area (Å²) in [6.07, 6.45) is 0. The monoisotopic (exact) mass is 244 g/mol. The number of aromatic nitrogens is 1. The molecule has 0 aromatic carbocycles. The standard InChI is InChI=1S/C10H16N2O3S/c1-10(2,3)15-5-8(13)11-4-7-6-16-9(14)12-7/h6H,4-5H2,1-3H3,(H,11,13)(H,12,14). The Morgan fingerprint density at radius 1 is 1.56 bits per heavy atom. The molecule has 1 aromatic heterocycles. The highest BCUT2D eigenvalue weighted by molar-refractivity contribution is 7.07. The molecule has 90 valence electrons. The van der Waals surface area contributed by atoms with Gasteiger partial charge in [0.2, 0.25) is 5.91 Å². The van der Waals surface area contributed by atoms with Gasteiger partial charge >= 0.3 is 4.87 Å². The maximum Gasteiger partial charge on any atom is 0.304 e. The summed E-state index contributed by atoms with van der Waals surface area (Å²) < 4.78 is 5.30. The van der Waals surface area contributed by atoms with Gasteiger partial charge in [0.25, 0.3) is 0 Å². The zero-order valence-electron chi connectivity index (χ0n) is 9.62. The third kappa shape index (κ3) is 5.09. The van der Waals surface area contributed by atoms with Crippen molar-refractivity contribution in [1.29, 1.82) is 0 Å². The van der Waals surface area contributed by atoms with Crippen LogP contribution in [0.5, 0.6) is 0 Å². The van der Waals surface area contributed by atoms with Crippen LogP contribution in [0.3, 0.4) is 0 Å². The molecular formula is C10H16N2O3S. The van der Waals surface area contributed by atoms with Crippen LogP contribution >= 0.6 is 11.3 Å². The van der Waals surface area contributed by atoms with Crippen molar-refractivity contribution in [3.8, 4) is 0 Å². The van der Waals surface area contributed by atoms with Gasteiger partial charge in [-0.2, -0.15) is 0 Å². The van der Waals surface area contributed by atoms with Crippen molar-refractivity contribution in [3.63, 3.8) is 0 Å². The van der Waals surface area contributed by atoms with E-state index in [2.05, 4.69) is 10.3 Å². The topological polar surface area (TPSA) is 71.2 Å². The van der Waals surface area contributed by atoms with Crippen LogP contribution in [-0.2, 0) is 16.1 Å². The number of nitrogens with one attached hydrogen (secondary N) is 2. The molecule has 0 radical (unpaired) electrons. The molecule has 2 N–H and O–H groups in total. The quantitative estimate of drug-likeness (QED) is 0.825. The van der Waals surface area contributed by atoms with Crippen LogP contribution in [0.2, 0.25) is 0 Å². The van der Waals surface area contributed by atoms with Gasteiger partial charge in [-0.15, -0.1) is 0 Å². The highest BCUT2D eigenvalue weighted by Gasteiger charge is 2.12. The summed E-state index contributed by atoms with van der Waals surface area (Å²) in [4.78, 5) is 24.7. The first kappa shape index (κ1) is 12.9. The lowest BCUT2D eigenvalue weighted by molar-refractivity contribution is -0.130. The van der Waals surface area contributed by atoms with Crippen LogP contribution in [0.1, 0.15) is 26.5 Å². The largest absolute Gasteiger partial charge is 0.366 e. The minimum absolute atomic E-state index is 0.0257. The first-order valence-electron chi connectivity index (χ1n) is 4.94. The third-order valence-electron chi connectivity index (χ3n) is 1.68. The maximum absolute atomic E-state index is 11.3. The molecule has 0 aliphatic carbocycles. The lowest BCUT2D eigenvalue weighted by Crippen LogP contribution is -2.31. The first-order valence-corrected chi connectivity index (χ1v) is 5.82. The second kappa shape index (κ2) is 5.27. The molecule has 0 saturated heterocycles. The van der Waals surface area contributed by atoms with Crippen molar-refractivity contribution in [2.75, 3.05) is 6.61 Å². The van der Waals surface area contributed by atoms with E-state index >= 15 is 0 Å². The van der Waals surface area contributed by atoms with E-state index in [-0.39, 0.29) is 23.0 Å². The molecule has 1 amide bonds. The Kier molecular flexibility index (Phi) is 4.26. The molecule has 1 aromatic rings. The zero-order chi connectivity index (χ0) is 12.2. The van der Waals surface area contributed by atoms with Crippen LogP contribution < -0.4 is 10.2 Å². The average Bonchev–Trinajstić information content (AvgIpc) is 2.57. The van der Waals surface area contributed by atoms with E-state index < -0.39 is 0 Å². The van der Waals surface area contributed by atoms with Crippen LogP contribution in [-0.4, -0.2) is 23.1 Å². The Labute approximate surface area is 97.8 Å². The number of carbonyl (C=O) groups excluding carboxylic acids is 1. The summed E-state index contributed by atoms with van der Waals surface area (Å²) in [7, 11) is 0. The minimum Gasteiger partial charge on any atom is -0.366 e. The van der Waals surface area contributed by atoms with Crippen molar-refractivity contribution < 1.29 is 9.53 Å². The molecule has 0 atom stereocenters. The summed E-state index contributed by atoms with van der Waals surface area (Å²) in [5.74, 6) is -0.193. The summed E-state index contributed by atoms with van der Waals surface area (Å²) in [6.45, 7) is 6.01. The summed E-state index contributed by atoms with van der Waals surface area (Å²) in [5.41, 5.74) is 0.382. The van der Waals surface area contributed by atoms with Gasteiger partial charge in [-0.25, -0.2) is 0 Å². The molecule has 6 heteroatoms. The Morgan fingerprint density at radius 3 is 2.75 bits per heavy atom. The van der Waals surface area contributed by atoms with Crippen molar-refractivity contribution in [1.82, 2.24) is 10.3 Å². The fraction of sp³-hybridized carbons (Fsp3) is 0.600. The van der Waals surface area contributed by atoms with E-state index in [0.29, 0.717) is 12.2 Å². The lowest BCUT2D eigenvalue weighted by atomic mass is 10.2. The van der Waals surface area contributed by atoms with E-state index in [1.807, 2.05) is 20.8 Å². The van der Waals surface area contributed by atoms with Crippen molar-refractivity contribution in [2.24, 2.45) is 0 Å². The fourth-order valence-corrected chi connectivity index (χ4v) is 1.51. The molecule has 1 heterocycles. The Morgan fingerprint density at radius 2 is 2.25 bits per heavy atom. The summed E-state index contributed by atoms with van der Waals surface area (Å²) in [6, 6.07) is 0. The van der Waals surface area contributed by atoms with E-state index in [9.17, 15) is 9.59 Å². The number of hydrogen-bond acceptors (Lipinski definition) is 4. The second-order valence-electron chi connectivity index (χ2n) is 4.35. The Balaban J connectivity index is 2.28. The van der Waals surface area contributed by atoms with Gasteiger partial charge < -0.3 is 15.0 Å². The van der Waals surface area contributed by atoms with Gasteiger partial charge in [0.1, 0.15) is 6.61 Å². The SMILES string of the molecule is CC(C)(C)OCC(=O)NCc1csc(=O)[nH]1. The number of carbonyl (C=O) groups is 1. The molecule has 0 unspecified atom stereocenters. The van der Waals surface area contributed by atoms with Gasteiger partial charge in [-0.3, -0.25) is 9.59 Å².